The van der Waals surface area contributed by atoms with Crippen LogP contribution in [0.3, 0.4) is 0 Å². The molecule has 4 heterocycles. The molecular formula is C30H32FN5OSi. The molecule has 0 fully saturated rings. The molecule has 38 heavy (non-hydrogen) atoms. The van der Waals surface area contributed by atoms with Crippen molar-refractivity contribution in [3.8, 4) is 28.3 Å². The highest BCUT2D eigenvalue weighted by Crippen LogP contribution is 2.38. The first-order valence-corrected chi connectivity index (χ1v) is 15.5. The third-order valence-electron chi connectivity index (χ3n) is 7.39. The van der Waals surface area contributed by atoms with Gasteiger partial charge in [0.15, 0.2) is 8.32 Å². The molecule has 5 rings (SSSR count). The van der Waals surface area contributed by atoms with Gasteiger partial charge in [0, 0.05) is 29.0 Å². The Balaban J connectivity index is 1.59. The Kier molecular flexibility index (Phi) is 6.62. The van der Waals surface area contributed by atoms with Crippen LogP contribution in [0.25, 0.3) is 39.2 Å². The van der Waals surface area contributed by atoms with E-state index in [1.54, 1.807) is 12.3 Å². The van der Waals surface area contributed by atoms with E-state index in [-0.39, 0.29) is 10.9 Å². The van der Waals surface area contributed by atoms with Gasteiger partial charge in [-0.3, -0.25) is 9.97 Å². The number of benzene rings is 1. The minimum atomic E-state index is -1.85. The molecule has 0 aliphatic heterocycles. The van der Waals surface area contributed by atoms with Crippen LogP contribution in [0, 0.1) is 5.82 Å². The lowest BCUT2D eigenvalue weighted by atomic mass is 10.1. The van der Waals surface area contributed by atoms with E-state index >= 15 is 0 Å². The molecule has 6 nitrogen and oxygen atoms in total. The van der Waals surface area contributed by atoms with Gasteiger partial charge in [-0.2, -0.15) is 0 Å². The van der Waals surface area contributed by atoms with Crippen LogP contribution < -0.4 is 5.73 Å². The molecule has 0 radical (unpaired) electrons. The van der Waals surface area contributed by atoms with Crippen molar-refractivity contribution in [3.05, 3.63) is 90.6 Å². The van der Waals surface area contributed by atoms with Crippen molar-refractivity contribution in [3.63, 3.8) is 0 Å². The van der Waals surface area contributed by atoms with E-state index in [0.29, 0.717) is 23.8 Å². The lowest BCUT2D eigenvalue weighted by molar-refractivity contribution is 0.276. The number of hydrogen-bond donors (Lipinski definition) is 1. The van der Waals surface area contributed by atoms with Crippen LogP contribution in [0.4, 0.5) is 10.2 Å². The van der Waals surface area contributed by atoms with Crippen LogP contribution in [-0.4, -0.2) is 27.8 Å². The summed E-state index contributed by atoms with van der Waals surface area (Å²) in [5.41, 5.74) is 12.3. The first kappa shape index (κ1) is 25.8. The highest BCUT2D eigenvalue weighted by atomic mass is 28.4. The summed E-state index contributed by atoms with van der Waals surface area (Å²) in [7, 11) is -1.85. The van der Waals surface area contributed by atoms with Crippen LogP contribution in [0.2, 0.25) is 18.1 Å². The van der Waals surface area contributed by atoms with E-state index in [0.717, 1.165) is 33.4 Å². The second kappa shape index (κ2) is 9.77. The van der Waals surface area contributed by atoms with E-state index in [9.17, 15) is 4.39 Å². The second-order valence-corrected chi connectivity index (χ2v) is 15.8. The predicted molar refractivity (Wildman–Crippen MR) is 154 cm³/mol. The molecule has 0 amide bonds. The topological polar surface area (TPSA) is 78.9 Å². The van der Waals surface area contributed by atoms with Crippen LogP contribution in [0.15, 0.2) is 79.3 Å². The molecule has 5 aromatic rings. The molecular weight excluding hydrogens is 493 g/mol. The van der Waals surface area contributed by atoms with Gasteiger partial charge in [0.2, 0.25) is 0 Å². The van der Waals surface area contributed by atoms with Gasteiger partial charge in [-0.15, -0.1) is 0 Å². The fraction of sp³-hybridized carbons (Fsp3) is 0.233. The van der Waals surface area contributed by atoms with Gasteiger partial charge < -0.3 is 14.7 Å². The summed E-state index contributed by atoms with van der Waals surface area (Å²) in [5.74, 6) is 0.0643. The summed E-state index contributed by atoms with van der Waals surface area (Å²) in [4.78, 5) is 13.1. The molecule has 0 atom stereocenters. The first-order valence-electron chi connectivity index (χ1n) is 12.6. The highest BCUT2D eigenvalue weighted by Gasteiger charge is 2.37. The van der Waals surface area contributed by atoms with Gasteiger partial charge in [-0.25, -0.2) is 9.37 Å². The number of anilines is 1. The summed E-state index contributed by atoms with van der Waals surface area (Å²) >= 11 is 0. The minimum absolute atomic E-state index is 0.153. The van der Waals surface area contributed by atoms with E-state index in [1.165, 1.54) is 12.3 Å². The monoisotopic (exact) mass is 525 g/mol. The average molecular weight is 526 g/mol. The molecule has 0 saturated heterocycles. The van der Waals surface area contributed by atoms with E-state index in [2.05, 4.69) is 83.7 Å². The van der Waals surface area contributed by atoms with Gasteiger partial charge in [-0.05, 0) is 72.2 Å². The van der Waals surface area contributed by atoms with Gasteiger partial charge in [-0.1, -0.05) is 32.9 Å². The van der Waals surface area contributed by atoms with Crippen molar-refractivity contribution < 1.29 is 8.82 Å². The molecule has 8 heteroatoms. The Hall–Kier alpha value is -3.88. The molecule has 0 unspecified atom stereocenters. The Bertz CT molecular complexity index is 1590. The normalized spacial score (nSPS) is 12.3. The van der Waals surface area contributed by atoms with Gasteiger partial charge in [0.1, 0.15) is 11.6 Å². The van der Waals surface area contributed by atoms with Crippen molar-refractivity contribution in [2.75, 3.05) is 5.73 Å². The fourth-order valence-corrected chi connectivity index (χ4v) is 5.06. The maximum absolute atomic E-state index is 13.5. The number of hydrogen-bond acceptors (Lipinski definition) is 5. The quantitative estimate of drug-likeness (QED) is 0.234. The average Bonchev–Trinajstić information content (AvgIpc) is 3.26. The number of fused-ring (bicyclic) bond motifs is 1. The molecule has 1 aromatic carbocycles. The number of rotatable bonds is 6. The van der Waals surface area contributed by atoms with E-state index < -0.39 is 8.32 Å². The second-order valence-electron chi connectivity index (χ2n) is 11.0. The smallest absolute Gasteiger partial charge is 0.192 e. The number of nitrogens with two attached hydrogens (primary N) is 1. The number of pyridine rings is 3. The Labute approximate surface area is 223 Å². The lowest BCUT2D eigenvalue weighted by Gasteiger charge is -2.36. The maximum atomic E-state index is 13.5. The Morgan fingerprint density at radius 2 is 1.66 bits per heavy atom. The zero-order valence-electron chi connectivity index (χ0n) is 22.4. The zero-order valence-corrected chi connectivity index (χ0v) is 23.4. The summed E-state index contributed by atoms with van der Waals surface area (Å²) in [6.45, 7) is 11.8. The molecule has 0 saturated carbocycles. The molecule has 194 valence electrons. The van der Waals surface area contributed by atoms with Crippen LogP contribution >= 0.6 is 0 Å². The van der Waals surface area contributed by atoms with Crippen molar-refractivity contribution in [2.24, 2.45) is 0 Å². The standard InChI is InChI=1S/C30H32FN5OSi/c1-30(2,3)38(4,5)37-19-20-8-11-23(12-9-20)36-27-16-26(25-13-10-22(31)18-35-25)34-17-21(27)15-28(36)24-7-6-14-33-29(24)32/h6-18H,19H2,1-5H3,(H2,32,33). The lowest BCUT2D eigenvalue weighted by Crippen LogP contribution is -2.40. The van der Waals surface area contributed by atoms with Gasteiger partial charge >= 0.3 is 0 Å². The molecule has 0 aliphatic rings. The summed E-state index contributed by atoms with van der Waals surface area (Å²) < 4.78 is 22.0. The molecule has 0 bridgehead atoms. The van der Waals surface area contributed by atoms with Gasteiger partial charge in [0.25, 0.3) is 0 Å². The summed E-state index contributed by atoms with van der Waals surface area (Å²) in [5, 5.41) is 1.10. The molecule has 0 aliphatic carbocycles. The number of aromatic nitrogens is 4. The highest BCUT2D eigenvalue weighted by molar-refractivity contribution is 6.74. The van der Waals surface area contributed by atoms with Crippen molar-refractivity contribution >= 4 is 25.0 Å². The molecule has 4 aromatic heterocycles. The third kappa shape index (κ3) is 4.97. The van der Waals surface area contributed by atoms with Crippen molar-refractivity contribution in [2.45, 2.75) is 45.5 Å². The summed E-state index contributed by atoms with van der Waals surface area (Å²) in [6.07, 6.45) is 4.69. The van der Waals surface area contributed by atoms with Crippen molar-refractivity contribution in [1.29, 1.82) is 0 Å². The SMILES string of the molecule is CC(C)(C)[Si](C)(C)OCc1ccc(-n2c(-c3cccnc3N)cc3cnc(-c4ccc(F)cn4)cc32)cc1. The van der Waals surface area contributed by atoms with Crippen LogP contribution in [0.1, 0.15) is 26.3 Å². The van der Waals surface area contributed by atoms with Crippen molar-refractivity contribution in [1.82, 2.24) is 19.5 Å². The summed E-state index contributed by atoms with van der Waals surface area (Å²) in [6, 6.07) is 19.3. The van der Waals surface area contributed by atoms with E-state index in [4.69, 9.17) is 10.2 Å². The minimum Gasteiger partial charge on any atom is -0.413 e. The van der Waals surface area contributed by atoms with Gasteiger partial charge in [0.05, 0.1) is 35.4 Å². The molecule has 0 spiro atoms. The molecule has 2 N–H and O–H groups in total. The number of halogens is 1. The zero-order chi connectivity index (χ0) is 27.1. The van der Waals surface area contributed by atoms with E-state index in [1.807, 2.05) is 24.4 Å². The number of nitrogens with zero attached hydrogens (tertiary/aromatic N) is 4. The third-order valence-corrected chi connectivity index (χ3v) is 11.9. The van der Waals surface area contributed by atoms with Crippen LogP contribution in [-0.2, 0) is 11.0 Å². The largest absolute Gasteiger partial charge is 0.413 e. The fourth-order valence-electron chi connectivity index (χ4n) is 4.10. The Morgan fingerprint density at radius 1 is 0.921 bits per heavy atom. The number of nitrogen functional groups attached to an aromatic ring is 1. The Morgan fingerprint density at radius 3 is 2.32 bits per heavy atom. The van der Waals surface area contributed by atoms with Crippen LogP contribution in [0.5, 0.6) is 0 Å². The first-order chi connectivity index (χ1) is 18.0. The maximum Gasteiger partial charge on any atom is 0.192 e. The predicted octanol–water partition coefficient (Wildman–Crippen LogP) is 7.39.